The van der Waals surface area contributed by atoms with Crippen molar-refractivity contribution in [3.8, 4) is 0 Å². The van der Waals surface area contributed by atoms with Crippen molar-refractivity contribution in [2.24, 2.45) is 0 Å². The van der Waals surface area contributed by atoms with Gasteiger partial charge in [-0.1, -0.05) is 23.5 Å². The van der Waals surface area contributed by atoms with Crippen LogP contribution in [0.3, 0.4) is 0 Å². The van der Waals surface area contributed by atoms with E-state index < -0.39 is 0 Å². The molecular weight excluding hydrogens is 276 g/mol. The van der Waals surface area contributed by atoms with Crippen LogP contribution in [0.1, 0.15) is 27.8 Å². The molecule has 0 bridgehead atoms. The van der Waals surface area contributed by atoms with Gasteiger partial charge in [-0.05, 0) is 19.1 Å². The predicted octanol–water partition coefficient (Wildman–Crippen LogP) is 2.25. The first-order chi connectivity index (χ1) is 9.63. The van der Waals surface area contributed by atoms with E-state index in [0.29, 0.717) is 16.2 Å². The molecule has 0 radical (unpaired) electrons. The number of carbonyl (C=O) groups excluding carboxylic acids is 2. The van der Waals surface area contributed by atoms with Gasteiger partial charge in [-0.15, -0.1) is 0 Å². The summed E-state index contributed by atoms with van der Waals surface area (Å²) < 4.78 is 1.55. The van der Waals surface area contributed by atoms with Crippen molar-refractivity contribution in [1.82, 2.24) is 14.6 Å². The van der Waals surface area contributed by atoms with E-state index in [1.54, 1.807) is 40.5 Å². The van der Waals surface area contributed by atoms with Crippen LogP contribution in [-0.4, -0.2) is 26.3 Å². The molecule has 2 aromatic heterocycles. The summed E-state index contributed by atoms with van der Waals surface area (Å²) in [5.41, 5.74) is 3.06. The van der Waals surface area contributed by atoms with Gasteiger partial charge >= 0.3 is 0 Å². The molecule has 0 saturated carbocycles. The summed E-state index contributed by atoms with van der Waals surface area (Å²) in [4.78, 5) is 28.2. The van der Waals surface area contributed by atoms with Gasteiger partial charge in [-0.25, -0.2) is 9.50 Å². The van der Waals surface area contributed by atoms with Crippen LogP contribution in [0.4, 0.5) is 5.69 Å². The first-order valence-electron chi connectivity index (χ1n) is 5.85. The lowest BCUT2D eigenvalue weighted by Gasteiger charge is -2.04. The highest BCUT2D eigenvalue weighted by molar-refractivity contribution is 7.14. The summed E-state index contributed by atoms with van der Waals surface area (Å²) in [6.07, 6.45) is 1.57. The lowest BCUT2D eigenvalue weighted by atomic mass is 10.1. The first-order valence-corrected chi connectivity index (χ1v) is 6.72. The number of hydrogen-bond donors (Lipinski definition) is 1. The van der Waals surface area contributed by atoms with Crippen molar-refractivity contribution in [3.63, 3.8) is 0 Å². The molecule has 1 amide bonds. The standard InChI is InChI=1S/C13H10N4O2S/c1-8(18)9-3-2-4-10(5-9)15-12(19)11-6-17-13(16-11)20-7-14-17/h2-7H,1H3,(H,15,19). The van der Waals surface area contributed by atoms with Gasteiger partial charge in [0.05, 0.1) is 6.20 Å². The zero-order valence-electron chi connectivity index (χ0n) is 10.5. The van der Waals surface area contributed by atoms with Crippen LogP contribution in [0, 0.1) is 0 Å². The Kier molecular flexibility index (Phi) is 3.03. The molecule has 1 aromatic carbocycles. The van der Waals surface area contributed by atoms with E-state index in [4.69, 9.17) is 0 Å². The van der Waals surface area contributed by atoms with E-state index >= 15 is 0 Å². The molecule has 0 unspecified atom stereocenters. The molecule has 3 aromatic rings. The fourth-order valence-corrected chi connectivity index (χ4v) is 2.36. The number of ketones is 1. The van der Waals surface area contributed by atoms with Crippen molar-refractivity contribution in [1.29, 1.82) is 0 Å². The molecule has 6 nitrogen and oxygen atoms in total. The summed E-state index contributed by atoms with van der Waals surface area (Å²) in [5.74, 6) is -0.379. The first kappa shape index (κ1) is 12.5. The van der Waals surface area contributed by atoms with Gasteiger partial charge in [0.2, 0.25) is 4.96 Å². The Hall–Kier alpha value is -2.54. The number of benzene rings is 1. The van der Waals surface area contributed by atoms with Crippen molar-refractivity contribution >= 4 is 33.7 Å². The van der Waals surface area contributed by atoms with Gasteiger partial charge in [0, 0.05) is 11.3 Å². The molecule has 100 valence electrons. The molecular formula is C13H10N4O2S. The topological polar surface area (TPSA) is 76.4 Å². The number of imidazole rings is 1. The van der Waals surface area contributed by atoms with E-state index in [1.807, 2.05) is 0 Å². The Morgan fingerprint density at radius 2 is 2.20 bits per heavy atom. The number of carbonyl (C=O) groups is 2. The van der Waals surface area contributed by atoms with Crippen LogP contribution >= 0.6 is 11.3 Å². The smallest absolute Gasteiger partial charge is 0.275 e. The number of anilines is 1. The maximum atomic E-state index is 12.1. The van der Waals surface area contributed by atoms with Gasteiger partial charge < -0.3 is 5.32 Å². The number of fused-ring (bicyclic) bond motifs is 1. The van der Waals surface area contributed by atoms with E-state index in [0.717, 1.165) is 0 Å². The average molecular weight is 286 g/mol. The third-order valence-corrected chi connectivity index (χ3v) is 3.43. The molecule has 0 aliphatic rings. The van der Waals surface area contributed by atoms with Crippen molar-refractivity contribution in [3.05, 3.63) is 47.2 Å². The lowest BCUT2D eigenvalue weighted by molar-refractivity contribution is 0.100. The van der Waals surface area contributed by atoms with E-state index in [9.17, 15) is 9.59 Å². The van der Waals surface area contributed by atoms with Gasteiger partial charge in [-0.3, -0.25) is 9.59 Å². The fraction of sp³-hybridized carbons (Fsp3) is 0.0769. The maximum absolute atomic E-state index is 12.1. The molecule has 0 saturated heterocycles. The lowest BCUT2D eigenvalue weighted by Crippen LogP contribution is -2.12. The highest BCUT2D eigenvalue weighted by Gasteiger charge is 2.12. The van der Waals surface area contributed by atoms with Gasteiger partial charge in [-0.2, -0.15) is 5.10 Å². The number of amides is 1. The molecule has 0 aliphatic heterocycles. The molecule has 0 fully saturated rings. The minimum absolute atomic E-state index is 0.0483. The maximum Gasteiger partial charge on any atom is 0.275 e. The summed E-state index contributed by atoms with van der Waals surface area (Å²) in [6.45, 7) is 1.48. The highest BCUT2D eigenvalue weighted by Crippen LogP contribution is 2.14. The van der Waals surface area contributed by atoms with E-state index in [1.165, 1.54) is 18.3 Å². The van der Waals surface area contributed by atoms with Crippen molar-refractivity contribution in [2.45, 2.75) is 6.92 Å². The number of nitrogens with zero attached hydrogens (tertiary/aromatic N) is 3. The molecule has 0 aliphatic carbocycles. The van der Waals surface area contributed by atoms with Gasteiger partial charge in [0.15, 0.2) is 5.78 Å². The van der Waals surface area contributed by atoms with Gasteiger partial charge in [0.1, 0.15) is 11.2 Å². The Morgan fingerprint density at radius 3 is 2.95 bits per heavy atom. The molecule has 0 atom stereocenters. The highest BCUT2D eigenvalue weighted by atomic mass is 32.1. The third kappa shape index (κ3) is 2.30. The fourth-order valence-electron chi connectivity index (χ4n) is 1.76. The summed E-state index contributed by atoms with van der Waals surface area (Å²) in [7, 11) is 0. The van der Waals surface area contributed by atoms with Crippen LogP contribution in [-0.2, 0) is 0 Å². The number of Topliss-reactive ketones (excluding diaryl/α,β-unsaturated/α-hetero) is 1. The molecule has 20 heavy (non-hydrogen) atoms. The number of aromatic nitrogens is 3. The Labute approximate surface area is 118 Å². The minimum atomic E-state index is -0.330. The molecule has 0 spiro atoms. The third-order valence-electron chi connectivity index (χ3n) is 2.75. The second kappa shape index (κ2) is 4.86. The molecule has 2 heterocycles. The van der Waals surface area contributed by atoms with Crippen LogP contribution in [0.5, 0.6) is 0 Å². The Morgan fingerprint density at radius 1 is 1.35 bits per heavy atom. The zero-order chi connectivity index (χ0) is 14.1. The largest absolute Gasteiger partial charge is 0.321 e. The van der Waals surface area contributed by atoms with Crippen LogP contribution in [0.25, 0.3) is 4.96 Å². The van der Waals surface area contributed by atoms with Crippen LogP contribution < -0.4 is 5.32 Å². The Bertz CT molecular complexity index is 777. The molecule has 1 N–H and O–H groups in total. The van der Waals surface area contributed by atoms with Crippen molar-refractivity contribution < 1.29 is 9.59 Å². The van der Waals surface area contributed by atoms with Gasteiger partial charge in [0.25, 0.3) is 5.91 Å². The summed E-state index contributed by atoms with van der Waals surface area (Å²) in [6, 6.07) is 6.78. The number of rotatable bonds is 3. The van der Waals surface area contributed by atoms with E-state index in [-0.39, 0.29) is 17.4 Å². The monoisotopic (exact) mass is 286 g/mol. The molecule has 7 heteroatoms. The minimum Gasteiger partial charge on any atom is -0.321 e. The normalized spacial score (nSPS) is 10.7. The average Bonchev–Trinajstić information content (AvgIpc) is 2.99. The zero-order valence-corrected chi connectivity index (χ0v) is 11.3. The quantitative estimate of drug-likeness (QED) is 0.749. The van der Waals surface area contributed by atoms with Crippen molar-refractivity contribution in [2.75, 3.05) is 5.32 Å². The molecule has 3 rings (SSSR count). The summed E-state index contributed by atoms with van der Waals surface area (Å²) >= 11 is 1.35. The number of hydrogen-bond acceptors (Lipinski definition) is 5. The Balaban J connectivity index is 1.83. The van der Waals surface area contributed by atoms with E-state index in [2.05, 4.69) is 15.4 Å². The summed E-state index contributed by atoms with van der Waals surface area (Å²) in [5, 5.41) is 6.73. The number of nitrogens with one attached hydrogen (secondary N) is 1. The second-order valence-electron chi connectivity index (χ2n) is 4.18. The van der Waals surface area contributed by atoms with Crippen LogP contribution in [0.2, 0.25) is 0 Å². The second-order valence-corrected chi connectivity index (χ2v) is 4.99. The SMILES string of the molecule is CC(=O)c1cccc(NC(=O)c2cn3ncsc3n2)c1. The van der Waals surface area contributed by atoms with Crippen LogP contribution in [0.15, 0.2) is 36.0 Å². The predicted molar refractivity (Wildman–Crippen MR) is 75.3 cm³/mol.